The third-order valence-electron chi connectivity index (χ3n) is 13.8. The minimum absolute atomic E-state index is 0.000190. The molecule has 0 fully saturated rings. The highest BCUT2D eigenvalue weighted by atomic mass is 16.5. The first-order valence-electron chi connectivity index (χ1n) is 29.4. The Morgan fingerprint density at radius 3 is 1.09 bits per heavy atom. The molecule has 386 valence electrons. The standard InChI is InChI=1S/C59H115NO5/c1-3-5-7-9-11-13-15-17-19-20-21-24-27-31-35-39-43-47-51-57(62)56(55-61)60-58(63)52-48-44-40-36-32-28-25-22-23-26-30-34-38-42-46-50-54-65-59(64)53-49-45-41-37-33-29-18-16-14-12-10-8-6-4-2/h22,25,56-57,61-62H,3-21,23-24,26-55H2,1-2H3,(H,60,63)/b25-22-. The predicted molar refractivity (Wildman–Crippen MR) is 283 cm³/mol. The number of rotatable bonds is 55. The number of allylic oxidation sites excluding steroid dienone is 2. The number of aliphatic hydroxyl groups excluding tert-OH is 2. The van der Waals surface area contributed by atoms with Crippen LogP contribution in [0.1, 0.15) is 328 Å². The number of ether oxygens (including phenoxy) is 1. The van der Waals surface area contributed by atoms with Crippen molar-refractivity contribution < 1.29 is 24.5 Å². The zero-order chi connectivity index (χ0) is 47.2. The number of hydrogen-bond donors (Lipinski definition) is 3. The van der Waals surface area contributed by atoms with E-state index in [0.29, 0.717) is 25.9 Å². The van der Waals surface area contributed by atoms with E-state index in [-0.39, 0.29) is 18.5 Å². The van der Waals surface area contributed by atoms with Gasteiger partial charge in [0.1, 0.15) is 0 Å². The van der Waals surface area contributed by atoms with Crippen LogP contribution in [0, 0.1) is 0 Å². The smallest absolute Gasteiger partial charge is 0.305 e. The Balaban J connectivity index is 3.45. The van der Waals surface area contributed by atoms with E-state index in [0.717, 1.165) is 64.2 Å². The number of esters is 1. The number of carbonyl (C=O) groups excluding carboxylic acids is 2. The second kappa shape index (κ2) is 55.2. The maximum atomic E-state index is 12.5. The molecule has 0 radical (unpaired) electrons. The highest BCUT2D eigenvalue weighted by molar-refractivity contribution is 5.76. The van der Waals surface area contributed by atoms with E-state index in [9.17, 15) is 19.8 Å². The van der Waals surface area contributed by atoms with Crippen molar-refractivity contribution in [3.8, 4) is 0 Å². The molecular formula is C59H115NO5. The fourth-order valence-electron chi connectivity index (χ4n) is 9.28. The molecule has 0 aromatic carbocycles. The van der Waals surface area contributed by atoms with Crippen molar-refractivity contribution in [1.82, 2.24) is 5.32 Å². The third-order valence-corrected chi connectivity index (χ3v) is 13.8. The highest BCUT2D eigenvalue weighted by Gasteiger charge is 2.20. The van der Waals surface area contributed by atoms with Gasteiger partial charge in [0.2, 0.25) is 5.91 Å². The Morgan fingerprint density at radius 2 is 0.723 bits per heavy atom. The minimum Gasteiger partial charge on any atom is -0.466 e. The van der Waals surface area contributed by atoms with Gasteiger partial charge in [-0.1, -0.05) is 276 Å². The molecule has 2 unspecified atom stereocenters. The quantitative estimate of drug-likeness (QED) is 0.0321. The van der Waals surface area contributed by atoms with Gasteiger partial charge in [-0.3, -0.25) is 9.59 Å². The first-order valence-corrected chi connectivity index (χ1v) is 29.4. The second-order valence-corrected chi connectivity index (χ2v) is 20.3. The van der Waals surface area contributed by atoms with Crippen LogP contribution in [0.15, 0.2) is 12.2 Å². The van der Waals surface area contributed by atoms with Gasteiger partial charge in [-0.15, -0.1) is 0 Å². The summed E-state index contributed by atoms with van der Waals surface area (Å²) in [5.74, 6) is -0.0489. The molecule has 0 rings (SSSR count). The lowest BCUT2D eigenvalue weighted by Gasteiger charge is -2.22. The van der Waals surface area contributed by atoms with E-state index in [4.69, 9.17) is 4.74 Å². The van der Waals surface area contributed by atoms with Crippen LogP contribution in [0.25, 0.3) is 0 Å². The van der Waals surface area contributed by atoms with E-state index < -0.39 is 12.1 Å². The number of aliphatic hydroxyl groups is 2. The summed E-state index contributed by atoms with van der Waals surface area (Å²) in [5, 5.41) is 23.3. The molecule has 65 heavy (non-hydrogen) atoms. The van der Waals surface area contributed by atoms with Gasteiger partial charge >= 0.3 is 5.97 Å². The summed E-state index contributed by atoms with van der Waals surface area (Å²) in [6.45, 7) is 4.95. The Hall–Kier alpha value is -1.40. The van der Waals surface area contributed by atoms with Crippen molar-refractivity contribution in [2.75, 3.05) is 13.2 Å². The van der Waals surface area contributed by atoms with E-state index in [1.807, 2.05) is 0 Å². The van der Waals surface area contributed by atoms with Crippen molar-refractivity contribution in [3.63, 3.8) is 0 Å². The summed E-state index contributed by atoms with van der Waals surface area (Å²) in [7, 11) is 0. The molecule has 0 saturated heterocycles. The van der Waals surface area contributed by atoms with Crippen molar-refractivity contribution in [3.05, 3.63) is 12.2 Å². The molecule has 0 aliphatic rings. The van der Waals surface area contributed by atoms with E-state index in [2.05, 4.69) is 31.3 Å². The van der Waals surface area contributed by atoms with Gasteiger partial charge in [0, 0.05) is 12.8 Å². The average molecular weight is 919 g/mol. The molecule has 0 aliphatic heterocycles. The molecule has 0 heterocycles. The van der Waals surface area contributed by atoms with Gasteiger partial charge in [-0.25, -0.2) is 0 Å². The lowest BCUT2D eigenvalue weighted by Crippen LogP contribution is -2.45. The first kappa shape index (κ1) is 63.6. The number of nitrogens with one attached hydrogen (secondary N) is 1. The fraction of sp³-hybridized carbons (Fsp3) is 0.932. The summed E-state index contributed by atoms with van der Waals surface area (Å²) in [4.78, 5) is 24.5. The van der Waals surface area contributed by atoms with Gasteiger partial charge < -0.3 is 20.3 Å². The minimum atomic E-state index is -0.674. The molecule has 0 spiro atoms. The zero-order valence-electron chi connectivity index (χ0n) is 44.0. The predicted octanol–water partition coefficient (Wildman–Crippen LogP) is 18.1. The Morgan fingerprint density at radius 1 is 0.415 bits per heavy atom. The number of unbranched alkanes of at least 4 members (excludes halogenated alkanes) is 42. The molecule has 1 amide bonds. The number of hydrogen-bond acceptors (Lipinski definition) is 5. The molecule has 0 saturated carbocycles. The number of carbonyl (C=O) groups is 2. The molecule has 0 aliphatic carbocycles. The SMILES string of the molecule is CCCCCCCCCCCCCCCCCCCCC(O)C(CO)NC(=O)CCCCCCC/C=C\CCCCCCCCCOC(=O)CCCCCCCCCCCCCCCC. The maximum Gasteiger partial charge on any atom is 0.305 e. The van der Waals surface area contributed by atoms with Crippen LogP contribution in [0.4, 0.5) is 0 Å². The van der Waals surface area contributed by atoms with Crippen LogP contribution in [0.2, 0.25) is 0 Å². The van der Waals surface area contributed by atoms with Crippen LogP contribution in [-0.2, 0) is 14.3 Å². The Labute approximate surface area is 406 Å². The summed E-state index contributed by atoms with van der Waals surface area (Å²) >= 11 is 0. The lowest BCUT2D eigenvalue weighted by molar-refractivity contribution is -0.143. The van der Waals surface area contributed by atoms with Crippen molar-refractivity contribution in [1.29, 1.82) is 0 Å². The van der Waals surface area contributed by atoms with Crippen molar-refractivity contribution >= 4 is 11.9 Å². The summed E-state index contributed by atoms with van der Waals surface area (Å²) in [6.07, 6.45) is 64.9. The second-order valence-electron chi connectivity index (χ2n) is 20.3. The number of amides is 1. The van der Waals surface area contributed by atoms with Gasteiger partial charge in [0.05, 0.1) is 25.4 Å². The monoisotopic (exact) mass is 918 g/mol. The molecule has 2 atom stereocenters. The van der Waals surface area contributed by atoms with Gasteiger partial charge in [0.15, 0.2) is 0 Å². The van der Waals surface area contributed by atoms with E-state index in [1.165, 1.54) is 231 Å². The van der Waals surface area contributed by atoms with E-state index in [1.54, 1.807) is 0 Å². The Kier molecular flexibility index (Phi) is 54.0. The van der Waals surface area contributed by atoms with Gasteiger partial charge in [-0.05, 0) is 51.4 Å². The van der Waals surface area contributed by atoms with Gasteiger partial charge in [-0.2, -0.15) is 0 Å². The fourth-order valence-corrected chi connectivity index (χ4v) is 9.28. The van der Waals surface area contributed by atoms with Crippen LogP contribution >= 0.6 is 0 Å². The molecule has 6 nitrogen and oxygen atoms in total. The van der Waals surface area contributed by atoms with Crippen LogP contribution in [0.5, 0.6) is 0 Å². The zero-order valence-corrected chi connectivity index (χ0v) is 44.0. The summed E-state index contributed by atoms with van der Waals surface area (Å²) in [6, 6.07) is -0.553. The van der Waals surface area contributed by atoms with Crippen LogP contribution < -0.4 is 5.32 Å². The van der Waals surface area contributed by atoms with Crippen LogP contribution in [-0.4, -0.2) is 47.4 Å². The molecule has 0 aromatic rings. The highest BCUT2D eigenvalue weighted by Crippen LogP contribution is 2.17. The van der Waals surface area contributed by atoms with Crippen molar-refractivity contribution in [2.45, 2.75) is 341 Å². The van der Waals surface area contributed by atoms with Gasteiger partial charge in [0.25, 0.3) is 0 Å². The lowest BCUT2D eigenvalue weighted by atomic mass is 10.0. The molecule has 0 bridgehead atoms. The van der Waals surface area contributed by atoms with E-state index >= 15 is 0 Å². The molecule has 3 N–H and O–H groups in total. The third kappa shape index (κ3) is 51.8. The Bertz CT molecular complexity index is 970. The van der Waals surface area contributed by atoms with Crippen LogP contribution in [0.3, 0.4) is 0 Å². The average Bonchev–Trinajstić information content (AvgIpc) is 3.31. The maximum absolute atomic E-state index is 12.5. The topological polar surface area (TPSA) is 95.9 Å². The molecule has 6 heteroatoms. The summed E-state index contributed by atoms with van der Waals surface area (Å²) < 4.78 is 5.47. The normalized spacial score (nSPS) is 12.6. The van der Waals surface area contributed by atoms with Crippen molar-refractivity contribution in [2.24, 2.45) is 0 Å². The first-order chi connectivity index (χ1) is 32.0. The molecular weight excluding hydrogens is 803 g/mol. The molecule has 0 aromatic heterocycles. The summed E-state index contributed by atoms with van der Waals surface area (Å²) in [5.41, 5.74) is 0. The largest absolute Gasteiger partial charge is 0.466 e.